The van der Waals surface area contributed by atoms with Crippen molar-refractivity contribution in [1.29, 1.82) is 0 Å². The minimum Gasteiger partial charge on any atom is -0.491 e. The molecule has 0 radical (unpaired) electrons. The van der Waals surface area contributed by atoms with Crippen LogP contribution in [0.4, 0.5) is 0 Å². The number of imidazole rings is 1. The third-order valence-electron chi connectivity index (χ3n) is 7.19. The highest BCUT2D eigenvalue weighted by Crippen LogP contribution is 2.29. The van der Waals surface area contributed by atoms with Gasteiger partial charge in [0.2, 0.25) is 0 Å². The minimum atomic E-state index is -0.256. The van der Waals surface area contributed by atoms with Crippen LogP contribution in [0.15, 0.2) is 83.7 Å². The van der Waals surface area contributed by atoms with Gasteiger partial charge in [-0.3, -0.25) is 13.9 Å². The smallest absolute Gasteiger partial charge is 0.334 e. The van der Waals surface area contributed by atoms with Crippen LogP contribution in [0, 0.1) is 6.92 Å². The van der Waals surface area contributed by atoms with E-state index in [0.717, 1.165) is 35.5 Å². The van der Waals surface area contributed by atoms with E-state index in [2.05, 4.69) is 5.32 Å². The van der Waals surface area contributed by atoms with Gasteiger partial charge < -0.3 is 19.7 Å². The van der Waals surface area contributed by atoms with Crippen molar-refractivity contribution < 1.29 is 14.3 Å². The molecule has 8 nitrogen and oxygen atoms in total. The lowest BCUT2D eigenvalue weighted by Gasteiger charge is -2.28. The van der Waals surface area contributed by atoms with Crippen molar-refractivity contribution in [1.82, 2.24) is 19.4 Å². The van der Waals surface area contributed by atoms with E-state index in [0.29, 0.717) is 43.4 Å². The number of para-hydroxylation sites is 1. The predicted octanol–water partition coefficient (Wildman–Crippen LogP) is 4.51. The summed E-state index contributed by atoms with van der Waals surface area (Å²) in [6, 6.07) is 25.2. The lowest BCUT2D eigenvalue weighted by molar-refractivity contribution is 0.0552. The number of hydrogen-bond acceptors (Lipinski definition) is 5. The molecule has 0 atom stereocenters. The SMILES string of the molecule is Cc1ccccc1-n1c(-c2ccccc2)c(C(=O)N2CCNCC2)n(Cc2cccc(OCCOC(C)C)c2)c1=O. The summed E-state index contributed by atoms with van der Waals surface area (Å²) in [5.41, 5.74) is 4.12. The monoisotopic (exact) mass is 554 g/mol. The second-order valence-corrected chi connectivity index (χ2v) is 10.5. The molecule has 1 aliphatic heterocycles. The van der Waals surface area contributed by atoms with Gasteiger partial charge in [-0.2, -0.15) is 0 Å². The zero-order chi connectivity index (χ0) is 28.8. The van der Waals surface area contributed by atoms with Crippen molar-refractivity contribution in [3.8, 4) is 22.7 Å². The molecule has 1 N–H and O–H groups in total. The quantitative estimate of drug-likeness (QED) is 0.292. The summed E-state index contributed by atoms with van der Waals surface area (Å²) in [6.07, 6.45) is 0.138. The fourth-order valence-corrected chi connectivity index (χ4v) is 5.19. The number of benzene rings is 3. The van der Waals surface area contributed by atoms with E-state index in [1.165, 1.54) is 0 Å². The van der Waals surface area contributed by atoms with Crippen LogP contribution in [-0.4, -0.2) is 65.4 Å². The van der Waals surface area contributed by atoms with E-state index in [4.69, 9.17) is 9.47 Å². The van der Waals surface area contributed by atoms with Crippen LogP contribution >= 0.6 is 0 Å². The van der Waals surface area contributed by atoms with Crippen LogP contribution in [0.2, 0.25) is 0 Å². The summed E-state index contributed by atoms with van der Waals surface area (Å²) in [6.45, 7) is 9.70. The summed E-state index contributed by atoms with van der Waals surface area (Å²) < 4.78 is 14.8. The number of nitrogens with one attached hydrogen (secondary N) is 1. The molecule has 1 fully saturated rings. The summed E-state index contributed by atoms with van der Waals surface area (Å²) >= 11 is 0. The van der Waals surface area contributed by atoms with E-state index in [9.17, 15) is 9.59 Å². The zero-order valence-corrected chi connectivity index (χ0v) is 24.0. The van der Waals surface area contributed by atoms with Crippen molar-refractivity contribution in [3.05, 3.63) is 106 Å². The molecule has 214 valence electrons. The molecule has 3 aromatic carbocycles. The Bertz CT molecular complexity index is 1530. The van der Waals surface area contributed by atoms with Gasteiger partial charge in [-0.05, 0) is 50.1 Å². The first-order chi connectivity index (χ1) is 19.9. The molecule has 5 rings (SSSR count). The molecule has 0 aliphatic carbocycles. The molecule has 1 amide bonds. The lowest BCUT2D eigenvalue weighted by Crippen LogP contribution is -2.47. The van der Waals surface area contributed by atoms with Crippen LogP contribution in [-0.2, 0) is 11.3 Å². The Labute approximate surface area is 241 Å². The maximum Gasteiger partial charge on any atom is 0.334 e. The molecule has 8 heteroatoms. The largest absolute Gasteiger partial charge is 0.491 e. The molecule has 0 saturated carbocycles. The second kappa shape index (κ2) is 13.0. The van der Waals surface area contributed by atoms with Crippen molar-refractivity contribution in [3.63, 3.8) is 0 Å². The van der Waals surface area contributed by atoms with Crippen molar-refractivity contribution in [2.45, 2.75) is 33.4 Å². The molecule has 2 heterocycles. The molecule has 1 saturated heterocycles. The van der Waals surface area contributed by atoms with E-state index >= 15 is 0 Å². The topological polar surface area (TPSA) is 77.7 Å². The Balaban J connectivity index is 1.63. The number of nitrogens with zero attached hydrogens (tertiary/aromatic N) is 3. The number of rotatable bonds is 10. The van der Waals surface area contributed by atoms with Crippen molar-refractivity contribution >= 4 is 5.91 Å². The van der Waals surface area contributed by atoms with E-state index in [-0.39, 0.29) is 24.2 Å². The molecule has 0 unspecified atom stereocenters. The normalized spacial score (nSPS) is 13.5. The molecule has 0 spiro atoms. The van der Waals surface area contributed by atoms with E-state index < -0.39 is 0 Å². The highest BCUT2D eigenvalue weighted by atomic mass is 16.5. The van der Waals surface area contributed by atoms with Gasteiger partial charge in [-0.15, -0.1) is 0 Å². The first-order valence-corrected chi connectivity index (χ1v) is 14.2. The standard InChI is InChI=1S/C33H38N4O4/c1-24(2)40-20-21-41-28-14-9-11-26(22-28)23-36-31(32(38)35-18-16-34-17-19-35)30(27-12-5-4-6-13-27)37(33(36)39)29-15-8-7-10-25(29)3/h4-15,22,24,34H,16-21,23H2,1-3H3. The minimum absolute atomic E-state index is 0.138. The number of aromatic nitrogens is 2. The number of ether oxygens (including phenoxy) is 2. The lowest BCUT2D eigenvalue weighted by atomic mass is 10.1. The number of piperazine rings is 1. The average molecular weight is 555 g/mol. The van der Waals surface area contributed by atoms with Gasteiger partial charge >= 0.3 is 5.69 Å². The van der Waals surface area contributed by atoms with Gasteiger partial charge in [0.05, 0.1) is 30.6 Å². The van der Waals surface area contributed by atoms with Crippen LogP contribution < -0.4 is 15.7 Å². The highest BCUT2D eigenvalue weighted by Gasteiger charge is 2.31. The third kappa shape index (κ3) is 6.45. The number of carbonyl (C=O) groups excluding carboxylic acids is 1. The van der Waals surface area contributed by atoms with Gasteiger partial charge in [-0.1, -0.05) is 60.7 Å². The molecule has 4 aromatic rings. The van der Waals surface area contributed by atoms with Gasteiger partial charge in [-0.25, -0.2) is 4.79 Å². The summed E-state index contributed by atoms with van der Waals surface area (Å²) in [4.78, 5) is 30.5. The van der Waals surface area contributed by atoms with Gasteiger partial charge in [0.15, 0.2) is 0 Å². The number of amides is 1. The highest BCUT2D eigenvalue weighted by molar-refractivity contribution is 5.99. The fourth-order valence-electron chi connectivity index (χ4n) is 5.19. The average Bonchev–Trinajstić information content (AvgIpc) is 3.27. The molecular weight excluding hydrogens is 516 g/mol. The van der Waals surface area contributed by atoms with E-state index in [1.807, 2.05) is 105 Å². The second-order valence-electron chi connectivity index (χ2n) is 10.5. The first kappa shape index (κ1) is 28.4. The van der Waals surface area contributed by atoms with Gasteiger partial charge in [0.25, 0.3) is 5.91 Å². The predicted molar refractivity (Wildman–Crippen MR) is 161 cm³/mol. The van der Waals surface area contributed by atoms with Crippen LogP contribution in [0.1, 0.15) is 35.5 Å². The van der Waals surface area contributed by atoms with E-state index in [1.54, 1.807) is 9.13 Å². The van der Waals surface area contributed by atoms with Crippen molar-refractivity contribution in [2.75, 3.05) is 39.4 Å². The van der Waals surface area contributed by atoms with Crippen LogP contribution in [0.25, 0.3) is 16.9 Å². The van der Waals surface area contributed by atoms with Gasteiger partial charge in [0.1, 0.15) is 18.1 Å². The fraction of sp³-hybridized carbons (Fsp3) is 0.333. The summed E-state index contributed by atoms with van der Waals surface area (Å²) in [5.74, 6) is 0.549. The number of aryl methyl sites for hydroxylation is 1. The van der Waals surface area contributed by atoms with Crippen molar-refractivity contribution in [2.24, 2.45) is 0 Å². The summed E-state index contributed by atoms with van der Waals surface area (Å²) in [7, 11) is 0. The molecule has 1 aromatic heterocycles. The number of hydrogen-bond donors (Lipinski definition) is 1. The Kier molecular flexibility index (Phi) is 9.01. The van der Waals surface area contributed by atoms with Crippen LogP contribution in [0.3, 0.4) is 0 Å². The van der Waals surface area contributed by atoms with Crippen LogP contribution in [0.5, 0.6) is 5.75 Å². The Morgan fingerprint density at radius 3 is 2.39 bits per heavy atom. The zero-order valence-electron chi connectivity index (χ0n) is 24.0. The Morgan fingerprint density at radius 2 is 1.66 bits per heavy atom. The Morgan fingerprint density at radius 1 is 0.927 bits per heavy atom. The number of carbonyl (C=O) groups is 1. The molecule has 1 aliphatic rings. The molecular formula is C33H38N4O4. The maximum atomic E-state index is 14.4. The molecule has 41 heavy (non-hydrogen) atoms. The van der Waals surface area contributed by atoms with Gasteiger partial charge in [0, 0.05) is 31.7 Å². The third-order valence-corrected chi connectivity index (χ3v) is 7.19. The summed E-state index contributed by atoms with van der Waals surface area (Å²) in [5, 5.41) is 3.31. The Hall–Kier alpha value is -4.14. The maximum absolute atomic E-state index is 14.4. The molecule has 0 bridgehead atoms. The first-order valence-electron chi connectivity index (χ1n) is 14.2.